The normalized spacial score (nSPS) is 24.6. The molecular formula is C20H29FN2O4. The fourth-order valence-corrected chi connectivity index (χ4v) is 4.10. The molecule has 3 rings (SSSR count). The monoisotopic (exact) mass is 380 g/mol. The van der Waals surface area contributed by atoms with Gasteiger partial charge in [-0.2, -0.15) is 0 Å². The van der Waals surface area contributed by atoms with Crippen LogP contribution in [0.3, 0.4) is 0 Å². The molecule has 2 saturated heterocycles. The topological polar surface area (TPSA) is 62.2 Å². The molecular weight excluding hydrogens is 351 g/mol. The Morgan fingerprint density at radius 2 is 1.96 bits per heavy atom. The summed E-state index contributed by atoms with van der Waals surface area (Å²) in [7, 11) is 0. The summed E-state index contributed by atoms with van der Waals surface area (Å²) in [6.07, 6.45) is 1.96. The maximum atomic E-state index is 12.9. The van der Waals surface area contributed by atoms with Gasteiger partial charge in [-0.1, -0.05) is 0 Å². The number of rotatable bonds is 8. The van der Waals surface area contributed by atoms with Crippen molar-refractivity contribution >= 4 is 5.97 Å². The number of piperidine rings is 1. The Bertz CT molecular complexity index is 592. The van der Waals surface area contributed by atoms with Crippen LogP contribution >= 0.6 is 0 Å². The molecule has 7 heteroatoms. The largest absolute Gasteiger partial charge is 0.492 e. The van der Waals surface area contributed by atoms with Crippen LogP contribution in [-0.4, -0.2) is 79.5 Å². The minimum absolute atomic E-state index is 0.214. The number of nitrogens with zero attached hydrogens (tertiary/aromatic N) is 2. The van der Waals surface area contributed by atoms with E-state index in [0.29, 0.717) is 30.7 Å². The molecule has 0 aliphatic carbocycles. The summed E-state index contributed by atoms with van der Waals surface area (Å²) >= 11 is 0. The molecule has 2 aliphatic rings. The quantitative estimate of drug-likeness (QED) is 0.745. The molecule has 0 radical (unpaired) electrons. The predicted octanol–water partition coefficient (Wildman–Crippen LogP) is 2.09. The Labute approximate surface area is 159 Å². The van der Waals surface area contributed by atoms with Crippen LogP contribution in [-0.2, 0) is 9.53 Å². The van der Waals surface area contributed by atoms with Crippen molar-refractivity contribution in [2.75, 3.05) is 52.5 Å². The number of carbonyl (C=O) groups is 1. The van der Waals surface area contributed by atoms with E-state index in [0.717, 1.165) is 52.4 Å². The van der Waals surface area contributed by atoms with Crippen LogP contribution in [0.4, 0.5) is 4.39 Å². The number of carboxylic acid groups (broad SMARTS) is 1. The second kappa shape index (κ2) is 10.0. The van der Waals surface area contributed by atoms with Gasteiger partial charge in [0.25, 0.3) is 0 Å². The lowest BCUT2D eigenvalue weighted by atomic mass is 9.86. The summed E-state index contributed by atoms with van der Waals surface area (Å²) in [5.41, 5.74) is 0. The van der Waals surface area contributed by atoms with Gasteiger partial charge >= 0.3 is 5.97 Å². The summed E-state index contributed by atoms with van der Waals surface area (Å²) < 4.78 is 24.1. The van der Waals surface area contributed by atoms with Gasteiger partial charge in [0.2, 0.25) is 0 Å². The number of likely N-dealkylation sites (tertiary alicyclic amines) is 1. The van der Waals surface area contributed by atoms with E-state index in [1.807, 2.05) is 0 Å². The predicted molar refractivity (Wildman–Crippen MR) is 99.5 cm³/mol. The van der Waals surface area contributed by atoms with Gasteiger partial charge in [-0.15, -0.1) is 0 Å². The lowest BCUT2D eigenvalue weighted by molar-refractivity contribution is -0.137. The molecule has 0 aromatic heterocycles. The van der Waals surface area contributed by atoms with Gasteiger partial charge in [0.1, 0.15) is 18.2 Å². The van der Waals surface area contributed by atoms with Crippen LogP contribution in [0.5, 0.6) is 5.75 Å². The Hall–Kier alpha value is -1.70. The molecule has 0 saturated carbocycles. The Morgan fingerprint density at radius 3 is 2.67 bits per heavy atom. The molecule has 2 heterocycles. The van der Waals surface area contributed by atoms with Gasteiger partial charge in [0.15, 0.2) is 0 Å². The van der Waals surface area contributed by atoms with Gasteiger partial charge < -0.3 is 14.6 Å². The first-order chi connectivity index (χ1) is 13.1. The fraction of sp³-hybridized carbons (Fsp3) is 0.650. The van der Waals surface area contributed by atoms with Gasteiger partial charge in [-0.05, 0) is 49.6 Å². The molecule has 27 heavy (non-hydrogen) atoms. The van der Waals surface area contributed by atoms with E-state index in [-0.39, 0.29) is 12.2 Å². The zero-order valence-corrected chi connectivity index (χ0v) is 15.7. The number of benzene rings is 1. The van der Waals surface area contributed by atoms with Gasteiger partial charge in [-0.25, -0.2) is 4.39 Å². The smallest absolute Gasteiger partial charge is 0.303 e. The summed E-state index contributed by atoms with van der Waals surface area (Å²) in [4.78, 5) is 15.9. The number of hydrogen-bond donors (Lipinski definition) is 1. The third kappa shape index (κ3) is 6.16. The number of carboxylic acids is 1. The molecule has 1 aromatic rings. The van der Waals surface area contributed by atoms with Crippen molar-refractivity contribution < 1.29 is 23.8 Å². The highest BCUT2D eigenvalue weighted by Crippen LogP contribution is 2.27. The summed E-state index contributed by atoms with van der Waals surface area (Å²) in [5.74, 6) is 0.0158. The van der Waals surface area contributed by atoms with Crippen molar-refractivity contribution in [3.05, 3.63) is 30.1 Å². The van der Waals surface area contributed by atoms with Gasteiger partial charge in [-0.3, -0.25) is 14.6 Å². The van der Waals surface area contributed by atoms with Crippen LogP contribution in [0.2, 0.25) is 0 Å². The van der Waals surface area contributed by atoms with E-state index >= 15 is 0 Å². The van der Waals surface area contributed by atoms with E-state index in [9.17, 15) is 9.18 Å². The Kier molecular flexibility index (Phi) is 7.43. The molecule has 2 atom stereocenters. The highest BCUT2D eigenvalue weighted by Gasteiger charge is 2.33. The number of ether oxygens (including phenoxy) is 2. The number of morpholine rings is 1. The number of hydrogen-bond acceptors (Lipinski definition) is 5. The first-order valence-corrected chi connectivity index (χ1v) is 9.76. The second-order valence-corrected chi connectivity index (χ2v) is 7.30. The summed E-state index contributed by atoms with van der Waals surface area (Å²) in [5, 5.41) is 9.10. The fourth-order valence-electron chi connectivity index (χ4n) is 4.10. The van der Waals surface area contributed by atoms with Crippen molar-refractivity contribution in [3.63, 3.8) is 0 Å². The van der Waals surface area contributed by atoms with E-state index in [4.69, 9.17) is 14.6 Å². The molecule has 150 valence electrons. The molecule has 0 unspecified atom stereocenters. The average molecular weight is 380 g/mol. The minimum Gasteiger partial charge on any atom is -0.492 e. The van der Waals surface area contributed by atoms with Crippen LogP contribution in [0, 0.1) is 11.7 Å². The van der Waals surface area contributed by atoms with Crippen molar-refractivity contribution in [2.45, 2.75) is 25.3 Å². The van der Waals surface area contributed by atoms with Crippen molar-refractivity contribution in [1.29, 1.82) is 0 Å². The zero-order valence-electron chi connectivity index (χ0n) is 15.7. The number of aliphatic carboxylic acids is 1. The molecule has 0 amide bonds. The van der Waals surface area contributed by atoms with Gasteiger partial charge in [0, 0.05) is 38.6 Å². The standard InChI is InChI=1S/C20H29FN2O4/c21-17-2-4-18(5-3-17)27-14-9-22-8-7-19(23-10-12-26-13-11-23)16(15-22)1-6-20(24)25/h2-5,16,19H,1,6-15H2,(H,24,25)/t16-,19+/m1/s1. The van der Waals surface area contributed by atoms with E-state index in [1.165, 1.54) is 12.1 Å². The van der Waals surface area contributed by atoms with Crippen molar-refractivity contribution in [2.24, 2.45) is 5.92 Å². The molecule has 0 bridgehead atoms. The maximum Gasteiger partial charge on any atom is 0.303 e. The molecule has 2 fully saturated rings. The average Bonchev–Trinajstić information content (AvgIpc) is 2.69. The molecule has 1 N–H and O–H groups in total. The highest BCUT2D eigenvalue weighted by atomic mass is 19.1. The number of halogens is 1. The van der Waals surface area contributed by atoms with E-state index < -0.39 is 5.97 Å². The Balaban J connectivity index is 1.50. The lowest BCUT2D eigenvalue weighted by Crippen LogP contribution is -2.54. The van der Waals surface area contributed by atoms with Crippen LogP contribution in [0.15, 0.2) is 24.3 Å². The summed E-state index contributed by atoms with van der Waals surface area (Å²) in [6.45, 7) is 6.59. The lowest BCUT2D eigenvalue weighted by Gasteiger charge is -2.45. The first-order valence-electron chi connectivity index (χ1n) is 9.76. The van der Waals surface area contributed by atoms with Crippen LogP contribution in [0.1, 0.15) is 19.3 Å². The first kappa shape index (κ1) is 20.0. The summed E-state index contributed by atoms with van der Waals surface area (Å²) in [6, 6.07) is 6.49. The maximum absolute atomic E-state index is 12.9. The van der Waals surface area contributed by atoms with Gasteiger partial charge in [0.05, 0.1) is 13.2 Å². The third-order valence-electron chi connectivity index (χ3n) is 5.51. The third-order valence-corrected chi connectivity index (χ3v) is 5.51. The Morgan fingerprint density at radius 1 is 1.22 bits per heavy atom. The van der Waals surface area contributed by atoms with Crippen molar-refractivity contribution in [1.82, 2.24) is 9.80 Å². The molecule has 0 spiro atoms. The molecule has 2 aliphatic heterocycles. The van der Waals surface area contributed by atoms with E-state index in [2.05, 4.69) is 9.80 Å². The SMILES string of the molecule is O=C(O)CC[C@@H]1CN(CCOc2ccc(F)cc2)CC[C@@H]1N1CCOCC1. The minimum atomic E-state index is -0.729. The van der Waals surface area contributed by atoms with Crippen LogP contribution in [0.25, 0.3) is 0 Å². The molecule has 6 nitrogen and oxygen atoms in total. The van der Waals surface area contributed by atoms with E-state index in [1.54, 1.807) is 12.1 Å². The highest BCUT2D eigenvalue weighted by molar-refractivity contribution is 5.66. The molecule has 1 aromatic carbocycles. The second-order valence-electron chi connectivity index (χ2n) is 7.30. The van der Waals surface area contributed by atoms with Crippen molar-refractivity contribution in [3.8, 4) is 5.75 Å². The van der Waals surface area contributed by atoms with Crippen LogP contribution < -0.4 is 4.74 Å². The zero-order chi connectivity index (χ0) is 19.1.